The maximum absolute atomic E-state index is 11.4. The molecule has 94 valence electrons. The highest BCUT2D eigenvalue weighted by atomic mass is 16.1. The minimum absolute atomic E-state index is 0.0540. The lowest BCUT2D eigenvalue weighted by Gasteiger charge is -2.08. The summed E-state index contributed by atoms with van der Waals surface area (Å²) < 4.78 is 0. The third-order valence-electron chi connectivity index (χ3n) is 2.12. The third-order valence-corrected chi connectivity index (χ3v) is 2.12. The minimum atomic E-state index is 0.0540. The number of aryl methyl sites for hydroxylation is 1. The van der Waals surface area contributed by atoms with Gasteiger partial charge >= 0.3 is 0 Å². The average molecular weight is 236 g/mol. The largest absolute Gasteiger partial charge is 0.356 e. The van der Waals surface area contributed by atoms with Gasteiger partial charge in [0, 0.05) is 31.9 Å². The number of carbonyl (C=O) groups is 1. The number of nitrogens with one attached hydrogen (secondary N) is 2. The fraction of sp³-hybridized carbons (Fsp3) is 0.583. The summed E-state index contributed by atoms with van der Waals surface area (Å²) in [5, 5.41) is 5.87. The van der Waals surface area contributed by atoms with Crippen LogP contribution >= 0.6 is 0 Å². The molecule has 5 nitrogen and oxygen atoms in total. The normalized spacial score (nSPS) is 10.4. The van der Waals surface area contributed by atoms with Crippen LogP contribution in [0.2, 0.25) is 0 Å². The van der Waals surface area contributed by atoms with Crippen molar-refractivity contribution in [1.29, 1.82) is 0 Å². The Labute approximate surface area is 102 Å². The number of rotatable bonds is 6. The predicted octanol–water partition coefficient (Wildman–Crippen LogP) is 1.36. The first-order valence-corrected chi connectivity index (χ1v) is 5.87. The van der Waals surface area contributed by atoms with Gasteiger partial charge in [-0.2, -0.15) is 0 Å². The molecular formula is C12H20N4O. The number of carbonyl (C=O) groups excluding carboxylic acids is 1. The van der Waals surface area contributed by atoms with E-state index in [9.17, 15) is 4.79 Å². The van der Waals surface area contributed by atoms with Gasteiger partial charge in [-0.3, -0.25) is 4.79 Å². The molecule has 0 unspecified atom stereocenters. The van der Waals surface area contributed by atoms with Gasteiger partial charge in [-0.15, -0.1) is 0 Å². The summed E-state index contributed by atoms with van der Waals surface area (Å²) in [6.07, 6.45) is 3.92. The van der Waals surface area contributed by atoms with E-state index < -0.39 is 0 Å². The zero-order valence-corrected chi connectivity index (χ0v) is 10.7. The fourth-order valence-corrected chi connectivity index (χ4v) is 1.18. The molecule has 5 heteroatoms. The number of hydrogen-bond donors (Lipinski definition) is 2. The Morgan fingerprint density at radius 2 is 2.00 bits per heavy atom. The number of nitrogens with zero attached hydrogens (tertiary/aromatic N) is 2. The summed E-state index contributed by atoms with van der Waals surface area (Å²) in [5.41, 5.74) is 1.02. The Morgan fingerprint density at radius 3 is 2.59 bits per heavy atom. The molecule has 1 rings (SSSR count). The van der Waals surface area contributed by atoms with Gasteiger partial charge in [-0.25, -0.2) is 9.97 Å². The summed E-state index contributed by atoms with van der Waals surface area (Å²) >= 11 is 0. The molecule has 1 aromatic heterocycles. The van der Waals surface area contributed by atoms with Crippen LogP contribution in [0.1, 0.15) is 25.8 Å². The molecule has 0 radical (unpaired) electrons. The molecular weight excluding hydrogens is 216 g/mol. The first-order valence-electron chi connectivity index (χ1n) is 5.87. The van der Waals surface area contributed by atoms with Crippen LogP contribution in [-0.2, 0) is 4.79 Å². The van der Waals surface area contributed by atoms with E-state index in [1.165, 1.54) is 0 Å². The van der Waals surface area contributed by atoms with Gasteiger partial charge < -0.3 is 10.6 Å². The van der Waals surface area contributed by atoms with Crippen LogP contribution < -0.4 is 10.6 Å². The standard InChI is InChI=1S/C12H20N4O/c1-9(2)6-14-11(17)4-5-13-12-15-7-10(3)8-16-12/h7-9H,4-6H2,1-3H3,(H,14,17)(H,13,15,16). The Kier molecular flexibility index (Phi) is 5.39. The first kappa shape index (κ1) is 13.4. The van der Waals surface area contributed by atoms with E-state index in [2.05, 4.69) is 34.4 Å². The zero-order chi connectivity index (χ0) is 12.7. The van der Waals surface area contributed by atoms with Gasteiger partial charge in [-0.1, -0.05) is 13.8 Å². The van der Waals surface area contributed by atoms with Crippen LogP contribution in [0.25, 0.3) is 0 Å². The monoisotopic (exact) mass is 236 g/mol. The van der Waals surface area contributed by atoms with E-state index in [0.717, 1.165) is 12.1 Å². The van der Waals surface area contributed by atoms with E-state index in [1.54, 1.807) is 12.4 Å². The highest BCUT2D eigenvalue weighted by molar-refractivity contribution is 5.76. The van der Waals surface area contributed by atoms with Crippen molar-refractivity contribution in [3.05, 3.63) is 18.0 Å². The lowest BCUT2D eigenvalue weighted by molar-refractivity contribution is -0.120. The highest BCUT2D eigenvalue weighted by Gasteiger charge is 2.02. The second-order valence-electron chi connectivity index (χ2n) is 4.46. The van der Waals surface area contributed by atoms with Crippen molar-refractivity contribution < 1.29 is 4.79 Å². The van der Waals surface area contributed by atoms with Crippen LogP contribution in [0.4, 0.5) is 5.95 Å². The summed E-state index contributed by atoms with van der Waals surface area (Å²) in [6, 6.07) is 0. The van der Waals surface area contributed by atoms with Gasteiger partial charge in [0.25, 0.3) is 0 Å². The van der Waals surface area contributed by atoms with Gasteiger partial charge in [0.1, 0.15) is 0 Å². The summed E-state index contributed by atoms with van der Waals surface area (Å²) in [7, 11) is 0. The lowest BCUT2D eigenvalue weighted by Crippen LogP contribution is -2.28. The molecule has 0 aliphatic carbocycles. The summed E-state index contributed by atoms with van der Waals surface area (Å²) in [5.74, 6) is 1.10. The smallest absolute Gasteiger partial charge is 0.222 e. The van der Waals surface area contributed by atoms with E-state index in [1.807, 2.05) is 6.92 Å². The molecule has 0 saturated heterocycles. The van der Waals surface area contributed by atoms with Crippen LogP contribution in [-0.4, -0.2) is 29.0 Å². The maximum atomic E-state index is 11.4. The van der Waals surface area contributed by atoms with Crippen LogP contribution in [0.3, 0.4) is 0 Å². The molecule has 0 saturated carbocycles. The molecule has 0 aromatic carbocycles. The van der Waals surface area contributed by atoms with Crippen LogP contribution in [0, 0.1) is 12.8 Å². The SMILES string of the molecule is Cc1cnc(NCCC(=O)NCC(C)C)nc1. The van der Waals surface area contributed by atoms with Gasteiger partial charge in [0.15, 0.2) is 0 Å². The second kappa shape index (κ2) is 6.83. The minimum Gasteiger partial charge on any atom is -0.356 e. The molecule has 0 spiro atoms. The Hall–Kier alpha value is -1.65. The molecule has 2 N–H and O–H groups in total. The number of amides is 1. The van der Waals surface area contributed by atoms with Gasteiger partial charge in [0.05, 0.1) is 0 Å². The number of aromatic nitrogens is 2. The maximum Gasteiger partial charge on any atom is 0.222 e. The lowest BCUT2D eigenvalue weighted by atomic mass is 10.2. The third kappa shape index (κ3) is 5.85. The zero-order valence-electron chi connectivity index (χ0n) is 10.7. The molecule has 0 aliphatic heterocycles. The average Bonchev–Trinajstić information content (AvgIpc) is 2.29. The van der Waals surface area contributed by atoms with Crippen LogP contribution in [0.5, 0.6) is 0 Å². The second-order valence-corrected chi connectivity index (χ2v) is 4.46. The van der Waals surface area contributed by atoms with Crippen molar-refractivity contribution in [2.24, 2.45) is 5.92 Å². The Bertz CT molecular complexity index is 348. The molecule has 0 fully saturated rings. The van der Waals surface area contributed by atoms with Crippen molar-refractivity contribution in [2.75, 3.05) is 18.4 Å². The molecule has 0 atom stereocenters. The molecule has 0 bridgehead atoms. The van der Waals surface area contributed by atoms with Crippen molar-refractivity contribution >= 4 is 11.9 Å². The van der Waals surface area contributed by atoms with Gasteiger partial charge in [0.2, 0.25) is 11.9 Å². The first-order chi connectivity index (χ1) is 8.08. The van der Waals surface area contributed by atoms with Gasteiger partial charge in [-0.05, 0) is 18.4 Å². The Balaban J connectivity index is 2.19. The van der Waals surface area contributed by atoms with Crippen molar-refractivity contribution in [2.45, 2.75) is 27.2 Å². The molecule has 1 aromatic rings. The van der Waals surface area contributed by atoms with Crippen LogP contribution in [0.15, 0.2) is 12.4 Å². The van der Waals surface area contributed by atoms with E-state index >= 15 is 0 Å². The van der Waals surface area contributed by atoms with Crippen molar-refractivity contribution in [3.8, 4) is 0 Å². The van der Waals surface area contributed by atoms with Crippen molar-refractivity contribution in [1.82, 2.24) is 15.3 Å². The molecule has 0 aliphatic rings. The highest BCUT2D eigenvalue weighted by Crippen LogP contribution is 1.98. The number of anilines is 1. The van der Waals surface area contributed by atoms with E-state index in [4.69, 9.17) is 0 Å². The molecule has 17 heavy (non-hydrogen) atoms. The summed E-state index contributed by atoms with van der Waals surface area (Å²) in [6.45, 7) is 7.34. The summed E-state index contributed by atoms with van der Waals surface area (Å²) in [4.78, 5) is 19.6. The van der Waals surface area contributed by atoms with Crippen molar-refractivity contribution in [3.63, 3.8) is 0 Å². The Morgan fingerprint density at radius 1 is 1.35 bits per heavy atom. The molecule has 1 amide bonds. The van der Waals surface area contributed by atoms with E-state index in [0.29, 0.717) is 24.8 Å². The molecule has 1 heterocycles. The van der Waals surface area contributed by atoms with E-state index in [-0.39, 0.29) is 5.91 Å². The predicted molar refractivity (Wildman–Crippen MR) is 67.7 cm³/mol. The topological polar surface area (TPSA) is 66.9 Å². The quantitative estimate of drug-likeness (QED) is 0.782. The number of hydrogen-bond acceptors (Lipinski definition) is 4. The fourth-order valence-electron chi connectivity index (χ4n) is 1.18.